The Morgan fingerprint density at radius 3 is 2.55 bits per heavy atom. The molecule has 114 valence electrons. The van der Waals surface area contributed by atoms with Crippen molar-refractivity contribution in [3.05, 3.63) is 5.82 Å². The number of unbranched alkanes of at least 4 members (excludes halogenated alkanes) is 1. The van der Waals surface area contributed by atoms with E-state index in [1.165, 1.54) is 0 Å². The second kappa shape index (κ2) is 8.61. The number of rotatable bonds is 9. The molecular formula is C15H28N4O. The number of anilines is 2. The maximum Gasteiger partial charge on any atom is 0.242 e. The Hall–Kier alpha value is -1.52. The largest absolute Gasteiger partial charge is 0.476 e. The van der Waals surface area contributed by atoms with E-state index in [0.717, 1.165) is 38.1 Å². The maximum atomic E-state index is 6.10. The van der Waals surface area contributed by atoms with Crippen LogP contribution in [0.2, 0.25) is 0 Å². The van der Waals surface area contributed by atoms with Crippen molar-refractivity contribution in [1.82, 2.24) is 9.97 Å². The first kappa shape index (κ1) is 16.5. The van der Waals surface area contributed by atoms with Crippen LogP contribution in [-0.4, -0.2) is 23.1 Å². The minimum atomic E-state index is 0.440. The molecule has 0 saturated carbocycles. The quantitative estimate of drug-likeness (QED) is 0.679. The van der Waals surface area contributed by atoms with Crippen molar-refractivity contribution < 1.29 is 4.74 Å². The third-order valence-corrected chi connectivity index (χ3v) is 2.81. The number of nitrogen functional groups attached to an aromatic ring is 1. The Labute approximate surface area is 122 Å². The van der Waals surface area contributed by atoms with Crippen LogP contribution in [-0.2, 0) is 6.42 Å². The summed E-state index contributed by atoms with van der Waals surface area (Å²) in [5, 5.41) is 3.28. The molecule has 1 aromatic heterocycles. The molecule has 1 heterocycles. The normalized spacial score (nSPS) is 10.8. The van der Waals surface area contributed by atoms with Crippen LogP contribution < -0.4 is 15.8 Å². The van der Waals surface area contributed by atoms with E-state index in [0.29, 0.717) is 29.9 Å². The predicted octanol–water partition coefficient (Wildman–Crippen LogP) is 3.26. The second-order valence-corrected chi connectivity index (χ2v) is 5.44. The average molecular weight is 280 g/mol. The molecule has 1 rings (SSSR count). The van der Waals surface area contributed by atoms with Gasteiger partial charge < -0.3 is 15.8 Å². The van der Waals surface area contributed by atoms with Crippen LogP contribution in [0.1, 0.15) is 52.8 Å². The third-order valence-electron chi connectivity index (χ3n) is 2.81. The molecule has 0 aromatic carbocycles. The van der Waals surface area contributed by atoms with E-state index in [1.54, 1.807) is 0 Å². The highest BCUT2D eigenvalue weighted by Gasteiger charge is 2.13. The van der Waals surface area contributed by atoms with Crippen LogP contribution in [0, 0.1) is 5.92 Å². The van der Waals surface area contributed by atoms with E-state index in [2.05, 4.69) is 43.0 Å². The molecular weight excluding hydrogens is 252 g/mol. The molecule has 20 heavy (non-hydrogen) atoms. The van der Waals surface area contributed by atoms with Crippen molar-refractivity contribution in [2.45, 2.75) is 53.4 Å². The lowest BCUT2D eigenvalue weighted by Crippen LogP contribution is -2.13. The highest BCUT2D eigenvalue weighted by molar-refractivity contribution is 5.66. The van der Waals surface area contributed by atoms with Gasteiger partial charge in [0, 0.05) is 13.0 Å². The standard InChI is InChI=1S/C15H28N4O/c1-5-7-9-17-14-13(16)15(20-10-11(3)4)19-12(18-14)8-6-2/h11H,5-10,16H2,1-4H3,(H,17,18,19). The second-order valence-electron chi connectivity index (χ2n) is 5.44. The summed E-state index contributed by atoms with van der Waals surface area (Å²) < 4.78 is 5.72. The van der Waals surface area contributed by atoms with Crippen LogP contribution in [0.5, 0.6) is 5.88 Å². The van der Waals surface area contributed by atoms with Gasteiger partial charge in [-0.1, -0.05) is 34.1 Å². The lowest BCUT2D eigenvalue weighted by molar-refractivity contribution is 0.262. The van der Waals surface area contributed by atoms with E-state index in [-0.39, 0.29) is 0 Å². The number of nitrogens with zero attached hydrogens (tertiary/aromatic N) is 2. The fourth-order valence-electron chi connectivity index (χ4n) is 1.70. The van der Waals surface area contributed by atoms with Crippen LogP contribution in [0.4, 0.5) is 11.5 Å². The molecule has 0 unspecified atom stereocenters. The number of nitrogens with one attached hydrogen (secondary N) is 1. The van der Waals surface area contributed by atoms with Crippen molar-refractivity contribution in [1.29, 1.82) is 0 Å². The van der Waals surface area contributed by atoms with Crippen molar-refractivity contribution >= 4 is 11.5 Å². The van der Waals surface area contributed by atoms with Gasteiger partial charge in [0.25, 0.3) is 0 Å². The Bertz CT molecular complexity index is 407. The van der Waals surface area contributed by atoms with Gasteiger partial charge in [0.05, 0.1) is 6.61 Å². The predicted molar refractivity (Wildman–Crippen MR) is 84.2 cm³/mol. The number of ether oxygens (including phenoxy) is 1. The van der Waals surface area contributed by atoms with Gasteiger partial charge in [-0.25, -0.2) is 4.98 Å². The summed E-state index contributed by atoms with van der Waals surface area (Å²) in [4.78, 5) is 8.92. The molecule has 0 atom stereocenters. The summed E-state index contributed by atoms with van der Waals surface area (Å²) >= 11 is 0. The van der Waals surface area contributed by atoms with E-state index >= 15 is 0 Å². The molecule has 0 aliphatic rings. The van der Waals surface area contributed by atoms with Crippen LogP contribution in [0.25, 0.3) is 0 Å². The van der Waals surface area contributed by atoms with Gasteiger partial charge in [0.1, 0.15) is 11.5 Å². The summed E-state index contributed by atoms with van der Waals surface area (Å²) in [6.07, 6.45) is 4.06. The van der Waals surface area contributed by atoms with E-state index in [1.807, 2.05) is 0 Å². The fourth-order valence-corrected chi connectivity index (χ4v) is 1.70. The Kier molecular flexibility index (Phi) is 7.12. The molecule has 5 heteroatoms. The Balaban J connectivity index is 2.89. The molecule has 0 fully saturated rings. The molecule has 0 amide bonds. The van der Waals surface area contributed by atoms with Crippen molar-refractivity contribution in [2.75, 3.05) is 24.2 Å². The van der Waals surface area contributed by atoms with Gasteiger partial charge in [-0.05, 0) is 18.8 Å². The number of aryl methyl sites for hydroxylation is 1. The average Bonchev–Trinajstić information content (AvgIpc) is 2.40. The van der Waals surface area contributed by atoms with E-state index in [9.17, 15) is 0 Å². The fraction of sp³-hybridized carbons (Fsp3) is 0.733. The highest BCUT2D eigenvalue weighted by Crippen LogP contribution is 2.27. The van der Waals surface area contributed by atoms with Gasteiger partial charge in [-0.2, -0.15) is 4.98 Å². The number of hydrogen-bond donors (Lipinski definition) is 2. The molecule has 0 aliphatic carbocycles. The minimum Gasteiger partial charge on any atom is -0.476 e. The zero-order chi connectivity index (χ0) is 15.0. The maximum absolute atomic E-state index is 6.10. The lowest BCUT2D eigenvalue weighted by Gasteiger charge is -2.15. The number of aromatic nitrogens is 2. The van der Waals surface area contributed by atoms with Gasteiger partial charge in [-0.3, -0.25) is 0 Å². The molecule has 5 nitrogen and oxygen atoms in total. The van der Waals surface area contributed by atoms with Crippen molar-refractivity contribution in [3.8, 4) is 5.88 Å². The zero-order valence-corrected chi connectivity index (χ0v) is 13.2. The first-order chi connectivity index (χ1) is 9.58. The highest BCUT2D eigenvalue weighted by atomic mass is 16.5. The lowest BCUT2D eigenvalue weighted by atomic mass is 10.2. The van der Waals surface area contributed by atoms with Crippen LogP contribution in [0.3, 0.4) is 0 Å². The molecule has 3 N–H and O–H groups in total. The summed E-state index contributed by atoms with van der Waals surface area (Å²) in [7, 11) is 0. The van der Waals surface area contributed by atoms with Gasteiger partial charge in [0.2, 0.25) is 5.88 Å². The summed E-state index contributed by atoms with van der Waals surface area (Å²) in [5.41, 5.74) is 6.62. The topological polar surface area (TPSA) is 73.1 Å². The first-order valence-corrected chi connectivity index (χ1v) is 7.61. The number of nitrogens with two attached hydrogens (primary N) is 1. The van der Waals surface area contributed by atoms with Gasteiger partial charge in [0.15, 0.2) is 5.82 Å². The van der Waals surface area contributed by atoms with Gasteiger partial charge in [-0.15, -0.1) is 0 Å². The monoisotopic (exact) mass is 280 g/mol. The molecule has 0 saturated heterocycles. The molecule has 0 bridgehead atoms. The molecule has 0 radical (unpaired) electrons. The van der Waals surface area contributed by atoms with Crippen molar-refractivity contribution in [3.63, 3.8) is 0 Å². The molecule has 0 spiro atoms. The summed E-state index contributed by atoms with van der Waals surface area (Å²) in [5.74, 6) is 2.45. The van der Waals surface area contributed by atoms with Gasteiger partial charge >= 0.3 is 0 Å². The smallest absolute Gasteiger partial charge is 0.242 e. The van der Waals surface area contributed by atoms with Crippen LogP contribution >= 0.6 is 0 Å². The number of hydrogen-bond acceptors (Lipinski definition) is 5. The minimum absolute atomic E-state index is 0.440. The van der Waals surface area contributed by atoms with E-state index in [4.69, 9.17) is 10.5 Å². The first-order valence-electron chi connectivity index (χ1n) is 7.61. The van der Waals surface area contributed by atoms with Crippen molar-refractivity contribution in [2.24, 2.45) is 5.92 Å². The summed E-state index contributed by atoms with van der Waals surface area (Å²) in [6, 6.07) is 0. The Morgan fingerprint density at radius 1 is 1.20 bits per heavy atom. The summed E-state index contributed by atoms with van der Waals surface area (Å²) in [6.45, 7) is 9.95. The van der Waals surface area contributed by atoms with E-state index < -0.39 is 0 Å². The molecule has 1 aromatic rings. The third kappa shape index (κ3) is 5.23. The Morgan fingerprint density at radius 2 is 1.95 bits per heavy atom. The SMILES string of the molecule is CCCCNc1nc(CCC)nc(OCC(C)C)c1N. The zero-order valence-electron chi connectivity index (χ0n) is 13.2. The van der Waals surface area contributed by atoms with Crippen LogP contribution in [0.15, 0.2) is 0 Å². The molecule has 0 aliphatic heterocycles.